The second-order valence-electron chi connectivity index (χ2n) is 25.4. The van der Waals surface area contributed by atoms with Gasteiger partial charge in [0, 0.05) is 64.6 Å². The number of ether oxygens (including phenoxy) is 15. The molecule has 3 saturated carbocycles. The first-order valence-corrected chi connectivity index (χ1v) is 30.1. The largest absolute Gasteiger partial charge is 0.458 e. The number of methoxy groups -OCH3 is 4. The maximum Gasteiger partial charge on any atom is 0.333 e. The van der Waals surface area contributed by atoms with E-state index in [0.29, 0.717) is 44.1 Å². The Balaban J connectivity index is 0.773. The van der Waals surface area contributed by atoms with Gasteiger partial charge in [-0.25, -0.2) is 4.79 Å². The van der Waals surface area contributed by atoms with Crippen LogP contribution in [0.1, 0.15) is 127 Å². The van der Waals surface area contributed by atoms with Gasteiger partial charge in [0.2, 0.25) is 0 Å². The summed E-state index contributed by atoms with van der Waals surface area (Å²) in [7, 11) is 6.16. The van der Waals surface area contributed by atoms with Gasteiger partial charge in [0.25, 0.3) is 0 Å². The summed E-state index contributed by atoms with van der Waals surface area (Å²) in [4.78, 5) is 26.6. The van der Waals surface area contributed by atoms with Gasteiger partial charge in [-0.15, -0.1) is 0 Å². The number of hydrogen-bond acceptors (Lipinski definition) is 23. The van der Waals surface area contributed by atoms with Crippen LogP contribution < -0.4 is 0 Å². The topological polar surface area (TPSA) is 294 Å². The van der Waals surface area contributed by atoms with Crippen molar-refractivity contribution in [2.75, 3.05) is 35.0 Å². The molecule has 0 amide bonds. The van der Waals surface area contributed by atoms with Crippen LogP contribution in [0.25, 0.3) is 0 Å². The van der Waals surface area contributed by atoms with Gasteiger partial charge in [0.15, 0.2) is 31.5 Å². The molecule has 0 spiro atoms. The van der Waals surface area contributed by atoms with Crippen molar-refractivity contribution in [3.63, 3.8) is 0 Å². The molecule has 4 aliphatic carbocycles. The van der Waals surface area contributed by atoms with Gasteiger partial charge in [0.1, 0.15) is 72.9 Å². The Kier molecular flexibility index (Phi) is 20.8. The molecule has 1 unspecified atom stereocenters. The molecule has 30 atom stereocenters. The van der Waals surface area contributed by atoms with Gasteiger partial charge in [-0.05, 0) is 111 Å². The summed E-state index contributed by atoms with van der Waals surface area (Å²) in [5.41, 5.74) is -0.571. The fraction of sp³-hybridized carbons (Fsp3) is 0.900. The van der Waals surface area contributed by atoms with Gasteiger partial charge in [0.05, 0.1) is 61.0 Å². The first-order chi connectivity index (χ1) is 39.4. The number of esters is 1. The Morgan fingerprint density at radius 1 is 0.627 bits per heavy atom. The van der Waals surface area contributed by atoms with E-state index in [1.807, 2.05) is 20.8 Å². The Bertz CT molecular complexity index is 2270. The molecule has 23 heteroatoms. The number of aliphatic hydroxyl groups is 6. The highest BCUT2D eigenvalue weighted by molar-refractivity contribution is 5.88. The summed E-state index contributed by atoms with van der Waals surface area (Å²) in [6, 6.07) is 0. The number of Topliss-reactive ketones (excluding diaryl/α,β-unsaturated/α-hetero) is 1. The van der Waals surface area contributed by atoms with Gasteiger partial charge in [-0.2, -0.15) is 0 Å². The Morgan fingerprint density at radius 3 is 1.69 bits per heavy atom. The zero-order valence-corrected chi connectivity index (χ0v) is 50.6. The summed E-state index contributed by atoms with van der Waals surface area (Å²) >= 11 is 0. The van der Waals surface area contributed by atoms with Crippen molar-refractivity contribution in [3.05, 3.63) is 23.3 Å². The van der Waals surface area contributed by atoms with Gasteiger partial charge >= 0.3 is 5.97 Å². The number of hydrogen-bond donors (Lipinski definition) is 6. The average Bonchev–Trinajstić information content (AvgIpc) is 1.75. The first kappa shape index (κ1) is 65.3. The third kappa shape index (κ3) is 12.4. The van der Waals surface area contributed by atoms with Crippen LogP contribution >= 0.6 is 0 Å². The molecule has 0 bridgehead atoms. The van der Waals surface area contributed by atoms with E-state index >= 15 is 0 Å². The van der Waals surface area contributed by atoms with E-state index < -0.39 is 171 Å². The first-order valence-electron chi connectivity index (χ1n) is 30.1. The monoisotopic (exact) mass is 1180 g/mol. The normalized spacial score (nSPS) is 50.4. The molecule has 5 aliphatic heterocycles. The van der Waals surface area contributed by atoms with Crippen LogP contribution in [0, 0.1) is 28.6 Å². The molecular weight excluding hydrogens is 1090 g/mol. The molecule has 9 rings (SSSR count). The lowest BCUT2D eigenvalue weighted by Gasteiger charge is -2.63. The zero-order valence-electron chi connectivity index (χ0n) is 50.6. The summed E-state index contributed by atoms with van der Waals surface area (Å²) in [5.74, 6) is -0.842. The van der Waals surface area contributed by atoms with E-state index in [-0.39, 0.29) is 42.0 Å². The number of aliphatic hydroxyl groups excluding tert-OH is 5. The van der Waals surface area contributed by atoms with Crippen molar-refractivity contribution >= 4 is 11.8 Å². The molecule has 0 radical (unpaired) electrons. The lowest BCUT2D eigenvalue weighted by molar-refractivity contribution is -0.371. The maximum atomic E-state index is 13.4. The van der Waals surface area contributed by atoms with Crippen LogP contribution in [0.15, 0.2) is 23.3 Å². The molecule has 5 heterocycles. The minimum absolute atomic E-state index is 0.0236. The van der Waals surface area contributed by atoms with Crippen LogP contribution in [0.2, 0.25) is 0 Å². The quantitative estimate of drug-likeness (QED) is 0.0653. The predicted octanol–water partition coefficient (Wildman–Crippen LogP) is 3.05. The fourth-order valence-electron chi connectivity index (χ4n) is 16.0. The number of carbonyl (C=O) groups excluding carboxylic acids is 2. The molecule has 83 heavy (non-hydrogen) atoms. The maximum absolute atomic E-state index is 13.4. The van der Waals surface area contributed by atoms with Crippen molar-refractivity contribution in [1.82, 2.24) is 0 Å². The number of carbonyl (C=O) groups is 2. The fourth-order valence-corrected chi connectivity index (χ4v) is 16.0. The van der Waals surface area contributed by atoms with E-state index in [1.54, 1.807) is 54.9 Å². The van der Waals surface area contributed by atoms with E-state index in [1.165, 1.54) is 19.8 Å². The van der Waals surface area contributed by atoms with Crippen LogP contribution in [-0.4, -0.2) is 230 Å². The zero-order chi connectivity index (χ0) is 60.2. The highest BCUT2D eigenvalue weighted by Gasteiger charge is 2.72. The molecule has 23 nitrogen and oxygen atoms in total. The molecule has 8 fully saturated rings. The Morgan fingerprint density at radius 2 is 1.16 bits per heavy atom. The van der Waals surface area contributed by atoms with Crippen molar-refractivity contribution < 1.29 is 111 Å². The summed E-state index contributed by atoms with van der Waals surface area (Å²) < 4.78 is 93.8. The van der Waals surface area contributed by atoms with Crippen molar-refractivity contribution in [2.24, 2.45) is 28.6 Å². The summed E-state index contributed by atoms with van der Waals surface area (Å²) in [6.07, 6.45) is -11.3. The highest BCUT2D eigenvalue weighted by Crippen LogP contribution is 2.69. The van der Waals surface area contributed by atoms with Crippen molar-refractivity contribution in [3.8, 4) is 0 Å². The summed E-state index contributed by atoms with van der Waals surface area (Å²) in [5, 5.41) is 65.6. The van der Waals surface area contributed by atoms with Crippen molar-refractivity contribution in [2.45, 2.75) is 280 Å². The average molecular weight is 1190 g/mol. The standard InChI is InChI=1S/C60H96O23/c1-14-27(2)55(67)79-42-22-37-36(60(68)20-18-35(28(3)62)59(42,60)9)16-15-33-21-34(17-19-58(33,37)8)77-43-23-38(69-10)50(29(4)73-43)80-44-24-39(70-11)52(31(6)74-44)83-57-49(66)54(72-13)53(32(7)76-57)81-45-25-40(71-12)51(30(5)75-45)82-56-48(65)47(64)46(63)41(26-61)78-56/h14-15,29-32,34-54,56-57,61,63-66,68H,16-26H2,1-13H3/b27-14+/t29-,30-,31-,32-,34+,35-,36-,37?,38+,39+,40+,41-,42-,43+,44+,45+,46-,47+,48-,49-,50-,51-,52-,53-,54-,56+,57+,58+,59+,60+/m1/s1. The van der Waals surface area contributed by atoms with Crippen LogP contribution in [0.5, 0.6) is 0 Å². The molecule has 5 saturated heterocycles. The molecule has 474 valence electrons. The smallest absolute Gasteiger partial charge is 0.333 e. The lowest BCUT2D eigenvalue weighted by Crippen LogP contribution is -2.66. The third-order valence-corrected chi connectivity index (χ3v) is 21.0. The second kappa shape index (κ2) is 26.5. The number of ketones is 1. The highest BCUT2D eigenvalue weighted by atomic mass is 16.8. The predicted molar refractivity (Wildman–Crippen MR) is 291 cm³/mol. The molecule has 0 aromatic carbocycles. The molecule has 0 aromatic heterocycles. The van der Waals surface area contributed by atoms with Gasteiger partial charge in [-0.1, -0.05) is 31.6 Å². The van der Waals surface area contributed by atoms with E-state index in [2.05, 4.69) is 13.0 Å². The van der Waals surface area contributed by atoms with E-state index in [0.717, 1.165) is 12.8 Å². The SMILES string of the molecule is C/C=C(\C)C(=O)O[C@@H]1CC2[C@@H](CC=C3C[C@@H](O[C@H]4C[C@H](OC)[C@H](O[C@H]5C[C@H](OC)[C@H](O[C@@H]6O[C@H](C)[C@@H](O[C@H]7C[C@H](OC)[C@H](O[C@@H]8O[C@H](CO)[C@@H](O)[C@H](O)[C@H]8O)[C@@H](C)O7)[C@H](OC)[C@H]6O)[C@@H](C)O5)[C@@H](C)O4)CC[C@@]32C)[C@@]2(O)CC[C@H](C(C)=O)[C@@]12C. The second-order valence-corrected chi connectivity index (χ2v) is 25.4. The number of rotatable bonds is 18. The molecule has 9 aliphatic rings. The molecular formula is C60H96O23. The van der Waals surface area contributed by atoms with Crippen LogP contribution in [-0.2, 0) is 80.6 Å². The molecule has 0 aromatic rings. The van der Waals surface area contributed by atoms with Crippen LogP contribution in [0.3, 0.4) is 0 Å². The van der Waals surface area contributed by atoms with E-state index in [9.17, 15) is 40.2 Å². The Labute approximate surface area is 488 Å². The summed E-state index contributed by atoms with van der Waals surface area (Å²) in [6.45, 7) is 16.1. The number of fused-ring (bicyclic) bond motifs is 5. The third-order valence-electron chi connectivity index (χ3n) is 21.0. The minimum atomic E-state index is -1.62. The Hall–Kier alpha value is -2.18. The molecule has 6 N–H and O–H groups in total. The number of allylic oxidation sites excluding steroid dienone is 2. The lowest BCUT2D eigenvalue weighted by atomic mass is 9.45. The van der Waals surface area contributed by atoms with Gasteiger partial charge in [-0.3, -0.25) is 4.79 Å². The van der Waals surface area contributed by atoms with Crippen LogP contribution in [0.4, 0.5) is 0 Å². The van der Waals surface area contributed by atoms with Gasteiger partial charge < -0.3 is 102 Å². The van der Waals surface area contributed by atoms with Crippen molar-refractivity contribution in [1.29, 1.82) is 0 Å². The van der Waals surface area contributed by atoms with E-state index in [4.69, 9.17) is 71.1 Å². The minimum Gasteiger partial charge on any atom is -0.458 e.